The highest BCUT2D eigenvalue weighted by atomic mass is 127. The van der Waals surface area contributed by atoms with Gasteiger partial charge in [0.25, 0.3) is 0 Å². The number of likely N-dealkylation sites (tertiary alicyclic amines) is 1. The standard InChI is InChI=1S/C28H42IN5O3/c1-21-24(29)25(30-34(21)23-12-14-32(15-13-23)26(35)37-27(2,3)4)33-17-16-31(19-28(33,5)20-36-6)18-22-10-8-7-9-11-22/h7-11,23H,12-20H2,1-6H3/t28-/m0/s1. The topological polar surface area (TPSA) is 63.1 Å². The largest absolute Gasteiger partial charge is 0.444 e. The summed E-state index contributed by atoms with van der Waals surface area (Å²) < 4.78 is 14.7. The summed E-state index contributed by atoms with van der Waals surface area (Å²) in [5, 5.41) is 5.20. The van der Waals surface area contributed by atoms with E-state index in [1.165, 1.54) is 14.8 Å². The number of amides is 1. The Kier molecular flexibility index (Phi) is 8.75. The van der Waals surface area contributed by atoms with Crippen LogP contribution in [0.1, 0.15) is 57.8 Å². The summed E-state index contributed by atoms with van der Waals surface area (Å²) >= 11 is 2.46. The van der Waals surface area contributed by atoms with Crippen LogP contribution in [-0.4, -0.2) is 83.3 Å². The van der Waals surface area contributed by atoms with Gasteiger partial charge >= 0.3 is 6.09 Å². The second-order valence-corrected chi connectivity index (χ2v) is 12.7. The molecule has 1 aromatic heterocycles. The van der Waals surface area contributed by atoms with Gasteiger partial charge in [-0.1, -0.05) is 30.3 Å². The highest BCUT2D eigenvalue weighted by Gasteiger charge is 2.41. The molecule has 37 heavy (non-hydrogen) atoms. The molecule has 2 aliphatic heterocycles. The molecule has 0 aliphatic carbocycles. The van der Waals surface area contributed by atoms with E-state index in [9.17, 15) is 4.79 Å². The van der Waals surface area contributed by atoms with E-state index in [-0.39, 0.29) is 17.7 Å². The number of carbonyl (C=O) groups is 1. The monoisotopic (exact) mass is 623 g/mol. The molecule has 2 aromatic rings. The van der Waals surface area contributed by atoms with E-state index >= 15 is 0 Å². The second kappa shape index (κ2) is 11.5. The van der Waals surface area contributed by atoms with Crippen LogP contribution in [0, 0.1) is 10.5 Å². The number of carbonyl (C=O) groups excluding carboxylic acids is 1. The van der Waals surface area contributed by atoms with Gasteiger partial charge in [0.05, 0.1) is 27.5 Å². The molecular formula is C28H42IN5O3. The fourth-order valence-electron chi connectivity index (χ4n) is 5.56. The Hall–Kier alpha value is -1.85. The third kappa shape index (κ3) is 6.60. The summed E-state index contributed by atoms with van der Waals surface area (Å²) in [6, 6.07) is 10.9. The third-order valence-corrected chi connectivity index (χ3v) is 8.60. The molecule has 204 valence electrons. The average Bonchev–Trinajstić information content (AvgIpc) is 3.13. The molecule has 1 aromatic carbocycles. The van der Waals surface area contributed by atoms with Crippen LogP contribution in [0.4, 0.5) is 10.6 Å². The summed E-state index contributed by atoms with van der Waals surface area (Å²) in [6.45, 7) is 15.9. The lowest BCUT2D eigenvalue weighted by molar-refractivity contribution is 0.0184. The zero-order valence-electron chi connectivity index (χ0n) is 23.2. The predicted molar refractivity (Wildman–Crippen MR) is 155 cm³/mol. The maximum Gasteiger partial charge on any atom is 0.410 e. The molecule has 4 rings (SSSR count). The second-order valence-electron chi connectivity index (χ2n) is 11.6. The molecule has 0 unspecified atom stereocenters. The first-order chi connectivity index (χ1) is 17.5. The average molecular weight is 624 g/mol. The van der Waals surface area contributed by atoms with E-state index < -0.39 is 5.60 Å². The van der Waals surface area contributed by atoms with Crippen molar-refractivity contribution in [2.75, 3.05) is 51.3 Å². The fourth-order valence-corrected chi connectivity index (χ4v) is 6.21. The minimum absolute atomic E-state index is 0.187. The van der Waals surface area contributed by atoms with Gasteiger partial charge < -0.3 is 19.3 Å². The maximum absolute atomic E-state index is 12.5. The lowest BCUT2D eigenvalue weighted by Gasteiger charge is -2.49. The normalized spacial score (nSPS) is 21.9. The van der Waals surface area contributed by atoms with Crippen LogP contribution in [0.15, 0.2) is 30.3 Å². The molecule has 1 atom stereocenters. The zero-order chi connectivity index (χ0) is 26.8. The van der Waals surface area contributed by atoms with Crippen molar-refractivity contribution >= 4 is 34.5 Å². The number of anilines is 1. The summed E-state index contributed by atoms with van der Waals surface area (Å²) in [5.74, 6) is 1.05. The number of hydrogen-bond donors (Lipinski definition) is 0. The van der Waals surface area contributed by atoms with E-state index in [1.807, 2.05) is 25.7 Å². The molecule has 2 saturated heterocycles. The Bertz CT molecular complexity index is 1060. The van der Waals surface area contributed by atoms with Gasteiger partial charge in [-0.2, -0.15) is 5.10 Å². The molecule has 2 aliphatic rings. The lowest BCUT2D eigenvalue weighted by Crippen LogP contribution is -2.63. The Morgan fingerprint density at radius 3 is 2.43 bits per heavy atom. The van der Waals surface area contributed by atoms with Crippen LogP contribution in [0.5, 0.6) is 0 Å². The van der Waals surface area contributed by atoms with Gasteiger partial charge in [0, 0.05) is 46.4 Å². The van der Waals surface area contributed by atoms with Crippen LogP contribution in [0.2, 0.25) is 0 Å². The number of piperidine rings is 1. The van der Waals surface area contributed by atoms with Crippen LogP contribution in [0.3, 0.4) is 0 Å². The minimum atomic E-state index is -0.475. The molecule has 3 heterocycles. The summed E-state index contributed by atoms with van der Waals surface area (Å²) in [4.78, 5) is 19.3. The number of benzene rings is 1. The fraction of sp³-hybridized carbons (Fsp3) is 0.643. The van der Waals surface area contributed by atoms with Crippen molar-refractivity contribution in [1.29, 1.82) is 0 Å². The molecule has 2 fully saturated rings. The van der Waals surface area contributed by atoms with Crippen molar-refractivity contribution in [2.45, 2.75) is 71.2 Å². The SMILES string of the molecule is COC[C@]1(C)CN(Cc2ccccc2)CCN1c1nn(C2CCN(C(=O)OC(C)(C)C)CC2)c(C)c1I. The number of halogens is 1. The van der Waals surface area contributed by atoms with Crippen molar-refractivity contribution < 1.29 is 14.3 Å². The Morgan fingerprint density at radius 1 is 1.14 bits per heavy atom. The van der Waals surface area contributed by atoms with Crippen LogP contribution < -0.4 is 4.90 Å². The Morgan fingerprint density at radius 2 is 1.81 bits per heavy atom. The number of aromatic nitrogens is 2. The molecule has 1 amide bonds. The van der Waals surface area contributed by atoms with E-state index in [1.54, 1.807) is 7.11 Å². The number of ether oxygens (including phenoxy) is 2. The zero-order valence-corrected chi connectivity index (χ0v) is 25.3. The first kappa shape index (κ1) is 28.2. The Balaban J connectivity index is 1.48. The molecular weight excluding hydrogens is 581 g/mol. The quantitative estimate of drug-likeness (QED) is 0.418. The number of rotatable bonds is 6. The van der Waals surface area contributed by atoms with E-state index in [4.69, 9.17) is 14.6 Å². The van der Waals surface area contributed by atoms with Crippen molar-refractivity contribution in [3.63, 3.8) is 0 Å². The molecule has 0 spiro atoms. The smallest absolute Gasteiger partial charge is 0.410 e. The first-order valence-electron chi connectivity index (χ1n) is 13.3. The van der Waals surface area contributed by atoms with Crippen LogP contribution in [-0.2, 0) is 16.0 Å². The summed E-state index contributed by atoms with van der Waals surface area (Å²) in [7, 11) is 1.78. The molecule has 9 heteroatoms. The highest BCUT2D eigenvalue weighted by Crippen LogP contribution is 2.36. The van der Waals surface area contributed by atoms with E-state index in [0.29, 0.717) is 19.7 Å². The van der Waals surface area contributed by atoms with Crippen molar-refractivity contribution in [3.05, 3.63) is 45.2 Å². The number of nitrogens with zero attached hydrogens (tertiary/aromatic N) is 5. The van der Waals surface area contributed by atoms with Crippen LogP contribution in [0.25, 0.3) is 0 Å². The van der Waals surface area contributed by atoms with Crippen molar-refractivity contribution in [3.8, 4) is 0 Å². The maximum atomic E-state index is 12.5. The summed E-state index contributed by atoms with van der Waals surface area (Å²) in [5.41, 5.74) is 1.87. The number of methoxy groups -OCH3 is 1. The molecule has 0 saturated carbocycles. The predicted octanol–water partition coefficient (Wildman–Crippen LogP) is 5.10. The first-order valence-corrected chi connectivity index (χ1v) is 14.3. The molecule has 0 radical (unpaired) electrons. The van der Waals surface area contributed by atoms with Gasteiger partial charge in [0.1, 0.15) is 5.60 Å². The summed E-state index contributed by atoms with van der Waals surface area (Å²) in [6.07, 6.45) is 1.52. The number of hydrogen-bond acceptors (Lipinski definition) is 6. The van der Waals surface area contributed by atoms with Crippen LogP contribution >= 0.6 is 22.6 Å². The Labute approximate surface area is 235 Å². The highest BCUT2D eigenvalue weighted by molar-refractivity contribution is 14.1. The van der Waals surface area contributed by atoms with Gasteiger partial charge in [-0.05, 0) is 75.6 Å². The number of piperazine rings is 1. The van der Waals surface area contributed by atoms with Gasteiger partial charge in [0.2, 0.25) is 0 Å². The molecule has 0 bridgehead atoms. The van der Waals surface area contributed by atoms with Crippen molar-refractivity contribution in [2.24, 2.45) is 0 Å². The van der Waals surface area contributed by atoms with E-state index in [0.717, 1.165) is 44.8 Å². The molecule has 8 nitrogen and oxygen atoms in total. The van der Waals surface area contributed by atoms with E-state index in [2.05, 4.69) is 81.3 Å². The molecule has 0 N–H and O–H groups in total. The van der Waals surface area contributed by atoms with Gasteiger partial charge in [-0.15, -0.1) is 0 Å². The van der Waals surface area contributed by atoms with Crippen molar-refractivity contribution in [1.82, 2.24) is 19.6 Å². The van der Waals surface area contributed by atoms with Gasteiger partial charge in [-0.3, -0.25) is 9.58 Å². The minimum Gasteiger partial charge on any atom is -0.444 e. The van der Waals surface area contributed by atoms with Gasteiger partial charge in [-0.25, -0.2) is 4.79 Å². The lowest BCUT2D eigenvalue weighted by atomic mass is 9.96. The third-order valence-electron chi connectivity index (χ3n) is 7.34. The van der Waals surface area contributed by atoms with Gasteiger partial charge in [0.15, 0.2) is 5.82 Å².